The van der Waals surface area contributed by atoms with Crippen molar-refractivity contribution in [3.63, 3.8) is 0 Å². The van der Waals surface area contributed by atoms with Gasteiger partial charge in [-0.1, -0.05) is 18.9 Å². The van der Waals surface area contributed by atoms with E-state index in [9.17, 15) is 4.79 Å². The number of nitrogens with one attached hydrogen (secondary N) is 1. The number of amides is 1. The molecule has 3 N–H and O–H groups in total. The SMILES string of the molecule is Cl.NC1CCCCC1CC(=O)NCc1ccc2c(c1)OCCO2. The van der Waals surface area contributed by atoms with E-state index in [1.807, 2.05) is 18.2 Å². The van der Waals surface area contributed by atoms with E-state index < -0.39 is 0 Å². The molecule has 1 aromatic rings. The number of carbonyl (C=O) groups is 1. The van der Waals surface area contributed by atoms with E-state index in [0.717, 1.165) is 29.9 Å². The maximum atomic E-state index is 12.1. The average molecular weight is 341 g/mol. The van der Waals surface area contributed by atoms with Gasteiger partial charge in [-0.25, -0.2) is 0 Å². The first-order chi connectivity index (χ1) is 10.7. The van der Waals surface area contributed by atoms with Gasteiger partial charge in [-0.05, 0) is 36.5 Å². The minimum atomic E-state index is 0. The monoisotopic (exact) mass is 340 g/mol. The number of benzene rings is 1. The van der Waals surface area contributed by atoms with Gasteiger partial charge < -0.3 is 20.5 Å². The molecular weight excluding hydrogens is 316 g/mol. The van der Waals surface area contributed by atoms with Gasteiger partial charge in [0.05, 0.1) is 0 Å². The second-order valence-electron chi connectivity index (χ2n) is 6.17. The molecule has 1 amide bonds. The summed E-state index contributed by atoms with van der Waals surface area (Å²) in [6.45, 7) is 1.67. The Morgan fingerprint density at radius 3 is 2.70 bits per heavy atom. The second-order valence-corrected chi connectivity index (χ2v) is 6.17. The fraction of sp³-hybridized carbons (Fsp3) is 0.588. The molecule has 3 rings (SSSR count). The molecular formula is C17H25ClN2O3. The summed E-state index contributed by atoms with van der Waals surface area (Å²) in [5, 5.41) is 2.98. The summed E-state index contributed by atoms with van der Waals surface area (Å²) in [4.78, 5) is 12.1. The molecule has 1 aromatic carbocycles. The van der Waals surface area contributed by atoms with Crippen molar-refractivity contribution in [1.82, 2.24) is 5.32 Å². The van der Waals surface area contributed by atoms with Crippen LogP contribution in [0.1, 0.15) is 37.7 Å². The zero-order chi connectivity index (χ0) is 15.4. The molecule has 2 aliphatic rings. The lowest BCUT2D eigenvalue weighted by atomic mass is 9.83. The van der Waals surface area contributed by atoms with Crippen LogP contribution in [0.4, 0.5) is 0 Å². The van der Waals surface area contributed by atoms with Crippen molar-refractivity contribution in [3.05, 3.63) is 23.8 Å². The molecule has 6 heteroatoms. The van der Waals surface area contributed by atoms with Crippen LogP contribution in [0.5, 0.6) is 11.5 Å². The molecule has 1 fully saturated rings. The molecule has 0 aromatic heterocycles. The molecule has 0 spiro atoms. The van der Waals surface area contributed by atoms with Gasteiger partial charge in [0.15, 0.2) is 11.5 Å². The molecule has 5 nitrogen and oxygen atoms in total. The molecule has 0 radical (unpaired) electrons. The smallest absolute Gasteiger partial charge is 0.220 e. The van der Waals surface area contributed by atoms with Crippen LogP contribution >= 0.6 is 12.4 Å². The predicted octanol–water partition coefficient (Wildman–Crippen LogP) is 2.40. The zero-order valence-corrected chi connectivity index (χ0v) is 14.1. The Hall–Kier alpha value is -1.46. The van der Waals surface area contributed by atoms with Crippen LogP contribution in [0.25, 0.3) is 0 Å². The van der Waals surface area contributed by atoms with Gasteiger partial charge in [-0.15, -0.1) is 12.4 Å². The van der Waals surface area contributed by atoms with E-state index >= 15 is 0 Å². The van der Waals surface area contributed by atoms with Crippen LogP contribution in [0.3, 0.4) is 0 Å². The first-order valence-electron chi connectivity index (χ1n) is 8.13. The third-order valence-electron chi connectivity index (χ3n) is 4.51. The summed E-state index contributed by atoms with van der Waals surface area (Å²) < 4.78 is 11.0. The Labute approximate surface area is 143 Å². The number of ether oxygens (including phenoxy) is 2. The Bertz CT molecular complexity index is 539. The third-order valence-corrected chi connectivity index (χ3v) is 4.51. The van der Waals surface area contributed by atoms with E-state index in [-0.39, 0.29) is 24.4 Å². The Morgan fingerprint density at radius 2 is 1.91 bits per heavy atom. The van der Waals surface area contributed by atoms with Crippen molar-refractivity contribution < 1.29 is 14.3 Å². The van der Waals surface area contributed by atoms with Crippen molar-refractivity contribution in [2.45, 2.75) is 44.7 Å². The number of nitrogens with two attached hydrogens (primary N) is 1. The summed E-state index contributed by atoms with van der Waals surface area (Å²) in [5.74, 6) is 1.94. The minimum Gasteiger partial charge on any atom is -0.486 e. The van der Waals surface area contributed by atoms with Crippen molar-refractivity contribution in [3.8, 4) is 11.5 Å². The number of hydrogen-bond acceptors (Lipinski definition) is 4. The number of rotatable bonds is 4. The molecule has 2 unspecified atom stereocenters. The highest BCUT2D eigenvalue weighted by Gasteiger charge is 2.24. The van der Waals surface area contributed by atoms with Crippen molar-refractivity contribution in [1.29, 1.82) is 0 Å². The van der Waals surface area contributed by atoms with Crippen LogP contribution in [-0.2, 0) is 11.3 Å². The van der Waals surface area contributed by atoms with E-state index in [4.69, 9.17) is 15.2 Å². The number of halogens is 1. The summed E-state index contributed by atoms with van der Waals surface area (Å²) in [6, 6.07) is 5.96. The molecule has 1 saturated carbocycles. The molecule has 0 bridgehead atoms. The largest absolute Gasteiger partial charge is 0.486 e. The van der Waals surface area contributed by atoms with E-state index in [0.29, 0.717) is 32.1 Å². The van der Waals surface area contributed by atoms with Crippen LogP contribution in [0.15, 0.2) is 18.2 Å². The second kappa shape index (κ2) is 8.41. The average Bonchev–Trinajstić information content (AvgIpc) is 2.55. The van der Waals surface area contributed by atoms with Gasteiger partial charge in [-0.2, -0.15) is 0 Å². The fourth-order valence-corrected chi connectivity index (χ4v) is 3.20. The highest BCUT2D eigenvalue weighted by atomic mass is 35.5. The quantitative estimate of drug-likeness (QED) is 0.882. The van der Waals surface area contributed by atoms with E-state index in [2.05, 4.69) is 5.32 Å². The van der Waals surface area contributed by atoms with Crippen LogP contribution in [0.2, 0.25) is 0 Å². The first-order valence-corrected chi connectivity index (χ1v) is 8.13. The van der Waals surface area contributed by atoms with Gasteiger partial charge in [0.2, 0.25) is 5.91 Å². The van der Waals surface area contributed by atoms with Crippen molar-refractivity contribution in [2.24, 2.45) is 11.7 Å². The van der Waals surface area contributed by atoms with Gasteiger partial charge in [0.1, 0.15) is 13.2 Å². The summed E-state index contributed by atoms with van der Waals surface area (Å²) in [6.07, 6.45) is 5.02. The summed E-state index contributed by atoms with van der Waals surface area (Å²) in [5.41, 5.74) is 7.12. The number of carbonyl (C=O) groups excluding carboxylic acids is 1. The van der Waals surface area contributed by atoms with Gasteiger partial charge in [-0.3, -0.25) is 4.79 Å². The third kappa shape index (κ3) is 4.75. The fourth-order valence-electron chi connectivity index (χ4n) is 3.20. The van der Waals surface area contributed by atoms with Crippen molar-refractivity contribution >= 4 is 18.3 Å². The van der Waals surface area contributed by atoms with Gasteiger partial charge in [0, 0.05) is 19.0 Å². The highest BCUT2D eigenvalue weighted by molar-refractivity contribution is 5.85. The van der Waals surface area contributed by atoms with Crippen LogP contribution in [0, 0.1) is 5.92 Å². The highest BCUT2D eigenvalue weighted by Crippen LogP contribution is 2.30. The topological polar surface area (TPSA) is 73.6 Å². The van der Waals surface area contributed by atoms with Crippen LogP contribution in [-0.4, -0.2) is 25.2 Å². The lowest BCUT2D eigenvalue weighted by molar-refractivity contribution is -0.122. The lowest BCUT2D eigenvalue weighted by Gasteiger charge is -2.28. The molecule has 1 heterocycles. The number of fused-ring (bicyclic) bond motifs is 1. The predicted molar refractivity (Wildman–Crippen MR) is 91.1 cm³/mol. The first kappa shape index (κ1) is 17.9. The molecule has 1 aliphatic heterocycles. The van der Waals surface area contributed by atoms with Gasteiger partial charge >= 0.3 is 0 Å². The summed E-state index contributed by atoms with van der Waals surface area (Å²) >= 11 is 0. The van der Waals surface area contributed by atoms with Crippen molar-refractivity contribution in [2.75, 3.05) is 13.2 Å². The maximum absolute atomic E-state index is 12.1. The van der Waals surface area contributed by atoms with Crippen LogP contribution < -0.4 is 20.5 Å². The maximum Gasteiger partial charge on any atom is 0.220 e. The van der Waals surface area contributed by atoms with E-state index in [1.54, 1.807) is 0 Å². The summed E-state index contributed by atoms with van der Waals surface area (Å²) in [7, 11) is 0. The Balaban J connectivity index is 0.00000192. The molecule has 128 valence electrons. The molecule has 23 heavy (non-hydrogen) atoms. The standard InChI is InChI=1S/C17H24N2O3.ClH/c18-14-4-2-1-3-13(14)10-17(20)19-11-12-5-6-15-16(9-12)22-8-7-21-15;/h5-6,9,13-14H,1-4,7-8,10-11,18H2,(H,19,20);1H. The van der Waals surface area contributed by atoms with E-state index in [1.165, 1.54) is 12.8 Å². The zero-order valence-electron chi connectivity index (χ0n) is 13.3. The Morgan fingerprint density at radius 1 is 1.17 bits per heavy atom. The normalized spacial score (nSPS) is 22.8. The molecule has 0 saturated heterocycles. The molecule has 2 atom stereocenters. The molecule has 1 aliphatic carbocycles. The van der Waals surface area contributed by atoms with Gasteiger partial charge in [0.25, 0.3) is 0 Å². The number of hydrogen-bond donors (Lipinski definition) is 2. The lowest BCUT2D eigenvalue weighted by Crippen LogP contribution is -2.37. The Kier molecular flexibility index (Phi) is 6.54. The minimum absolute atomic E-state index is 0.